The summed E-state index contributed by atoms with van der Waals surface area (Å²) >= 11 is 0. The standard InChI is InChI=1S/C29H22F3N3O4/c1-3-27(37)35-23-11-10-17(14-22(23)29(30,31)32)15-25(36)20-7-4-8-21-19(20)6-5-9-26(21)39-18-12-13-34-24(16-18)28(38)33-2/h3-14,16H,1,15H2,2H3,(H,33,38)(H,35,37). The Hall–Kier alpha value is -4.99. The fourth-order valence-corrected chi connectivity index (χ4v) is 3.98. The molecule has 2 amide bonds. The van der Waals surface area contributed by atoms with Crippen molar-refractivity contribution in [3.8, 4) is 11.5 Å². The average molecular weight is 534 g/mol. The summed E-state index contributed by atoms with van der Waals surface area (Å²) in [7, 11) is 1.49. The zero-order chi connectivity index (χ0) is 28.2. The molecule has 0 fully saturated rings. The normalized spacial score (nSPS) is 11.1. The lowest BCUT2D eigenvalue weighted by molar-refractivity contribution is -0.137. The van der Waals surface area contributed by atoms with E-state index in [2.05, 4.69) is 22.2 Å². The molecule has 0 atom stereocenters. The molecule has 10 heteroatoms. The summed E-state index contributed by atoms with van der Waals surface area (Å²) in [6, 6.07) is 16.5. The molecule has 0 saturated heterocycles. The molecule has 1 aromatic heterocycles. The van der Waals surface area contributed by atoms with Crippen LogP contribution in [0.25, 0.3) is 10.8 Å². The van der Waals surface area contributed by atoms with Gasteiger partial charge in [0.25, 0.3) is 5.91 Å². The third-order valence-corrected chi connectivity index (χ3v) is 5.80. The number of halogens is 3. The second kappa shape index (κ2) is 11.2. The van der Waals surface area contributed by atoms with E-state index >= 15 is 0 Å². The quantitative estimate of drug-likeness (QED) is 0.215. The maximum atomic E-state index is 13.7. The smallest absolute Gasteiger partial charge is 0.418 e. The van der Waals surface area contributed by atoms with E-state index in [9.17, 15) is 27.6 Å². The first-order valence-corrected chi connectivity index (χ1v) is 11.6. The monoisotopic (exact) mass is 533 g/mol. The molecule has 39 heavy (non-hydrogen) atoms. The molecule has 0 aliphatic rings. The lowest BCUT2D eigenvalue weighted by Crippen LogP contribution is -2.18. The number of pyridine rings is 1. The number of nitrogens with zero attached hydrogens (tertiary/aromatic N) is 1. The highest BCUT2D eigenvalue weighted by atomic mass is 19.4. The summed E-state index contributed by atoms with van der Waals surface area (Å²) < 4.78 is 47.0. The van der Waals surface area contributed by atoms with Crippen LogP contribution >= 0.6 is 0 Å². The Morgan fingerprint density at radius 3 is 2.46 bits per heavy atom. The molecule has 4 rings (SSSR count). The van der Waals surface area contributed by atoms with E-state index in [1.165, 1.54) is 25.4 Å². The highest BCUT2D eigenvalue weighted by Crippen LogP contribution is 2.36. The molecule has 0 radical (unpaired) electrons. The lowest BCUT2D eigenvalue weighted by Gasteiger charge is -2.15. The van der Waals surface area contributed by atoms with Gasteiger partial charge in [-0.15, -0.1) is 0 Å². The molecular weight excluding hydrogens is 511 g/mol. The molecule has 0 unspecified atom stereocenters. The van der Waals surface area contributed by atoms with Crippen molar-refractivity contribution in [1.29, 1.82) is 0 Å². The van der Waals surface area contributed by atoms with Gasteiger partial charge in [0.1, 0.15) is 17.2 Å². The predicted octanol–water partition coefficient (Wildman–Crippen LogP) is 5.96. The van der Waals surface area contributed by atoms with Crippen molar-refractivity contribution >= 4 is 34.1 Å². The topological polar surface area (TPSA) is 97.4 Å². The van der Waals surface area contributed by atoms with Gasteiger partial charge in [0, 0.05) is 36.7 Å². The van der Waals surface area contributed by atoms with E-state index < -0.39 is 29.1 Å². The molecule has 0 bridgehead atoms. The summed E-state index contributed by atoms with van der Waals surface area (Å²) in [6.45, 7) is 3.24. The Morgan fingerprint density at radius 1 is 1.00 bits per heavy atom. The third-order valence-electron chi connectivity index (χ3n) is 5.80. The first kappa shape index (κ1) is 27.1. The van der Waals surface area contributed by atoms with Gasteiger partial charge in [0.2, 0.25) is 5.91 Å². The Balaban J connectivity index is 1.64. The predicted molar refractivity (Wildman–Crippen MR) is 140 cm³/mol. The van der Waals surface area contributed by atoms with Crippen LogP contribution in [0.5, 0.6) is 11.5 Å². The zero-order valence-electron chi connectivity index (χ0n) is 20.6. The number of benzene rings is 3. The minimum Gasteiger partial charge on any atom is -0.457 e. The van der Waals surface area contributed by atoms with Crippen molar-refractivity contribution in [2.45, 2.75) is 12.6 Å². The number of amides is 2. The van der Waals surface area contributed by atoms with Crippen LogP contribution in [0.2, 0.25) is 0 Å². The molecule has 198 valence electrons. The van der Waals surface area contributed by atoms with Crippen molar-refractivity contribution in [2.75, 3.05) is 12.4 Å². The van der Waals surface area contributed by atoms with Crippen LogP contribution in [0.3, 0.4) is 0 Å². The fraction of sp³-hybridized carbons (Fsp3) is 0.103. The highest BCUT2D eigenvalue weighted by Gasteiger charge is 2.34. The molecule has 0 saturated carbocycles. The number of ether oxygens (including phenoxy) is 1. The van der Waals surface area contributed by atoms with E-state index in [1.54, 1.807) is 42.5 Å². The van der Waals surface area contributed by atoms with Crippen LogP contribution < -0.4 is 15.4 Å². The van der Waals surface area contributed by atoms with Crippen LogP contribution in [0.1, 0.15) is 32.0 Å². The first-order chi connectivity index (χ1) is 18.6. The molecule has 2 N–H and O–H groups in total. The van der Waals surface area contributed by atoms with E-state index in [0.717, 1.165) is 18.2 Å². The second-order valence-electron chi connectivity index (χ2n) is 8.39. The van der Waals surface area contributed by atoms with Crippen LogP contribution in [-0.2, 0) is 17.4 Å². The Bertz CT molecular complexity index is 1600. The highest BCUT2D eigenvalue weighted by molar-refractivity contribution is 6.10. The molecule has 3 aromatic carbocycles. The number of nitrogens with one attached hydrogen (secondary N) is 2. The second-order valence-corrected chi connectivity index (χ2v) is 8.39. The van der Waals surface area contributed by atoms with Crippen LogP contribution in [0, 0.1) is 0 Å². The van der Waals surface area contributed by atoms with Crippen molar-refractivity contribution in [3.05, 3.63) is 108 Å². The molecule has 0 aliphatic heterocycles. The van der Waals surface area contributed by atoms with E-state index in [1.807, 2.05) is 0 Å². The van der Waals surface area contributed by atoms with Gasteiger partial charge < -0.3 is 15.4 Å². The number of carbonyl (C=O) groups is 3. The number of rotatable bonds is 8. The minimum atomic E-state index is -4.75. The first-order valence-electron chi connectivity index (χ1n) is 11.6. The Labute approximate surface area is 221 Å². The third kappa shape index (κ3) is 6.12. The van der Waals surface area contributed by atoms with Crippen LogP contribution in [0.4, 0.5) is 18.9 Å². The maximum absolute atomic E-state index is 13.7. The molecule has 0 spiro atoms. The van der Waals surface area contributed by atoms with Gasteiger partial charge in [-0.25, -0.2) is 0 Å². The molecule has 0 aliphatic carbocycles. The number of fused-ring (bicyclic) bond motifs is 1. The molecular formula is C29H22F3N3O4. The molecule has 1 heterocycles. The van der Waals surface area contributed by atoms with Crippen LogP contribution in [-0.4, -0.2) is 29.6 Å². The van der Waals surface area contributed by atoms with Gasteiger partial charge in [0.05, 0.1) is 11.3 Å². The number of hydrogen-bond acceptors (Lipinski definition) is 5. The van der Waals surface area contributed by atoms with Gasteiger partial charge in [-0.2, -0.15) is 13.2 Å². The largest absolute Gasteiger partial charge is 0.457 e. The Kier molecular flexibility index (Phi) is 7.75. The number of alkyl halides is 3. The number of carbonyl (C=O) groups excluding carboxylic acids is 3. The lowest BCUT2D eigenvalue weighted by atomic mass is 9.96. The van der Waals surface area contributed by atoms with E-state index in [-0.39, 0.29) is 23.6 Å². The summed E-state index contributed by atoms with van der Waals surface area (Å²) in [5.74, 6) is -0.792. The number of anilines is 1. The number of Topliss-reactive ketones (excluding diaryl/α,β-unsaturated/α-hetero) is 1. The van der Waals surface area contributed by atoms with Crippen molar-refractivity contribution in [3.63, 3.8) is 0 Å². The van der Waals surface area contributed by atoms with E-state index in [0.29, 0.717) is 27.8 Å². The van der Waals surface area contributed by atoms with Crippen molar-refractivity contribution in [2.24, 2.45) is 0 Å². The molecule has 4 aromatic rings. The molecule has 7 nitrogen and oxygen atoms in total. The van der Waals surface area contributed by atoms with Gasteiger partial charge >= 0.3 is 6.18 Å². The summed E-state index contributed by atoms with van der Waals surface area (Å²) in [5, 5.41) is 5.77. The van der Waals surface area contributed by atoms with Gasteiger partial charge in [-0.3, -0.25) is 19.4 Å². The van der Waals surface area contributed by atoms with Crippen molar-refractivity contribution in [1.82, 2.24) is 10.3 Å². The summed E-state index contributed by atoms with van der Waals surface area (Å²) in [4.78, 5) is 40.7. The SMILES string of the molecule is C=CC(=O)Nc1ccc(CC(=O)c2cccc3c(Oc4ccnc(C(=O)NC)c4)cccc23)cc1C(F)(F)F. The summed E-state index contributed by atoms with van der Waals surface area (Å²) in [6.07, 6.45) is -2.75. The average Bonchev–Trinajstić information content (AvgIpc) is 2.92. The van der Waals surface area contributed by atoms with Gasteiger partial charge in [-0.1, -0.05) is 43.0 Å². The van der Waals surface area contributed by atoms with Gasteiger partial charge in [-0.05, 0) is 41.3 Å². The minimum absolute atomic E-state index is 0.131. The Morgan fingerprint density at radius 2 is 1.74 bits per heavy atom. The summed E-state index contributed by atoms with van der Waals surface area (Å²) in [5.41, 5.74) is -0.890. The maximum Gasteiger partial charge on any atom is 0.418 e. The zero-order valence-corrected chi connectivity index (χ0v) is 20.6. The van der Waals surface area contributed by atoms with Crippen LogP contribution in [0.15, 0.2) is 85.6 Å². The fourth-order valence-electron chi connectivity index (χ4n) is 3.98. The van der Waals surface area contributed by atoms with E-state index in [4.69, 9.17) is 4.74 Å². The van der Waals surface area contributed by atoms with Gasteiger partial charge in [0.15, 0.2) is 5.78 Å². The number of hydrogen-bond donors (Lipinski definition) is 2. The number of aromatic nitrogens is 1. The number of ketones is 1. The van der Waals surface area contributed by atoms with Crippen molar-refractivity contribution < 1.29 is 32.3 Å².